The molecule has 94 valence electrons. The number of aryl methyl sites for hydroxylation is 1. The Morgan fingerprint density at radius 3 is 2.65 bits per heavy atom. The van der Waals surface area contributed by atoms with Crippen molar-refractivity contribution in [2.45, 2.75) is 27.2 Å². The summed E-state index contributed by atoms with van der Waals surface area (Å²) in [6.45, 7) is 7.18. The fourth-order valence-electron chi connectivity index (χ4n) is 1.72. The molecule has 0 radical (unpaired) electrons. The van der Waals surface area contributed by atoms with E-state index in [4.69, 9.17) is 5.73 Å². The Balaban J connectivity index is 2.93. The van der Waals surface area contributed by atoms with Gasteiger partial charge in [0, 0.05) is 18.2 Å². The average molecular weight is 234 g/mol. The van der Waals surface area contributed by atoms with Crippen LogP contribution in [0.4, 0.5) is 5.69 Å². The molecule has 0 bridgehead atoms. The molecule has 0 saturated carbocycles. The summed E-state index contributed by atoms with van der Waals surface area (Å²) in [5.74, 6) is 0.164. The Labute approximate surface area is 104 Å². The van der Waals surface area contributed by atoms with Crippen molar-refractivity contribution in [1.82, 2.24) is 0 Å². The Morgan fingerprint density at radius 1 is 1.41 bits per heavy atom. The summed E-state index contributed by atoms with van der Waals surface area (Å²) in [6.07, 6.45) is 0.826. The Morgan fingerprint density at radius 2 is 2.12 bits per heavy atom. The second kappa shape index (κ2) is 6.40. The first-order chi connectivity index (χ1) is 8.06. The zero-order valence-corrected chi connectivity index (χ0v) is 10.9. The minimum Gasteiger partial charge on any atom is -0.330 e. The van der Waals surface area contributed by atoms with Gasteiger partial charge in [0.05, 0.1) is 0 Å². The zero-order valence-electron chi connectivity index (χ0n) is 10.9. The van der Waals surface area contributed by atoms with E-state index in [1.807, 2.05) is 49.9 Å². The van der Waals surface area contributed by atoms with Gasteiger partial charge in [-0.3, -0.25) is 4.79 Å². The van der Waals surface area contributed by atoms with Gasteiger partial charge in [0.15, 0.2) is 0 Å². The molecule has 0 fully saturated rings. The summed E-state index contributed by atoms with van der Waals surface area (Å²) in [6, 6.07) is 8.03. The van der Waals surface area contributed by atoms with Crippen molar-refractivity contribution < 1.29 is 4.79 Å². The highest BCUT2D eigenvalue weighted by Crippen LogP contribution is 2.18. The van der Waals surface area contributed by atoms with Gasteiger partial charge in [0.2, 0.25) is 5.91 Å². The van der Waals surface area contributed by atoms with Crippen molar-refractivity contribution >= 4 is 11.6 Å². The lowest BCUT2D eigenvalue weighted by Crippen LogP contribution is -2.36. The van der Waals surface area contributed by atoms with Crippen molar-refractivity contribution in [3.8, 4) is 0 Å². The molecule has 0 spiro atoms. The Hall–Kier alpha value is -1.35. The van der Waals surface area contributed by atoms with Gasteiger partial charge in [-0.1, -0.05) is 26.0 Å². The number of amides is 1. The van der Waals surface area contributed by atoms with Crippen LogP contribution < -0.4 is 10.6 Å². The second-order valence-electron chi connectivity index (χ2n) is 4.63. The van der Waals surface area contributed by atoms with Crippen LogP contribution in [0.1, 0.15) is 25.8 Å². The molecule has 2 N–H and O–H groups in total. The van der Waals surface area contributed by atoms with Gasteiger partial charge in [-0.15, -0.1) is 0 Å². The van der Waals surface area contributed by atoms with Crippen LogP contribution in [0.2, 0.25) is 0 Å². The van der Waals surface area contributed by atoms with Crippen LogP contribution in [-0.2, 0) is 4.79 Å². The molecule has 0 aromatic heterocycles. The summed E-state index contributed by atoms with van der Waals surface area (Å²) < 4.78 is 0. The van der Waals surface area contributed by atoms with Crippen molar-refractivity contribution in [3.05, 3.63) is 29.8 Å². The zero-order chi connectivity index (χ0) is 12.8. The van der Waals surface area contributed by atoms with E-state index in [1.165, 1.54) is 0 Å². The van der Waals surface area contributed by atoms with E-state index in [0.717, 1.165) is 17.7 Å². The summed E-state index contributed by atoms with van der Waals surface area (Å²) >= 11 is 0. The number of nitrogens with two attached hydrogens (primary N) is 1. The van der Waals surface area contributed by atoms with E-state index in [2.05, 4.69) is 0 Å². The molecule has 0 aliphatic rings. The number of hydrogen-bond acceptors (Lipinski definition) is 2. The van der Waals surface area contributed by atoms with Gasteiger partial charge in [-0.25, -0.2) is 0 Å². The smallest absolute Gasteiger partial charge is 0.229 e. The molecule has 17 heavy (non-hydrogen) atoms. The minimum atomic E-state index is 0.00767. The van der Waals surface area contributed by atoms with Gasteiger partial charge < -0.3 is 10.6 Å². The number of nitrogens with zero attached hydrogens (tertiary/aromatic N) is 1. The van der Waals surface area contributed by atoms with Crippen LogP contribution in [0.25, 0.3) is 0 Å². The van der Waals surface area contributed by atoms with Gasteiger partial charge in [0.1, 0.15) is 0 Å². The van der Waals surface area contributed by atoms with Crippen molar-refractivity contribution in [1.29, 1.82) is 0 Å². The third kappa shape index (κ3) is 3.86. The normalized spacial score (nSPS) is 10.6. The predicted octanol–water partition coefficient (Wildman–Crippen LogP) is 2.33. The van der Waals surface area contributed by atoms with Crippen LogP contribution in [0.15, 0.2) is 24.3 Å². The second-order valence-corrected chi connectivity index (χ2v) is 4.63. The molecule has 1 amide bonds. The Bertz CT molecular complexity index is 374. The van der Waals surface area contributed by atoms with Gasteiger partial charge in [-0.05, 0) is 37.6 Å². The van der Waals surface area contributed by atoms with E-state index in [9.17, 15) is 4.79 Å². The molecular weight excluding hydrogens is 212 g/mol. The van der Waals surface area contributed by atoms with Crippen LogP contribution in [0, 0.1) is 12.8 Å². The number of anilines is 1. The number of hydrogen-bond donors (Lipinski definition) is 1. The molecule has 0 heterocycles. The summed E-state index contributed by atoms with van der Waals surface area (Å²) in [5, 5.41) is 0. The molecule has 0 aliphatic heterocycles. The summed E-state index contributed by atoms with van der Waals surface area (Å²) in [7, 11) is 0. The van der Waals surface area contributed by atoms with Gasteiger partial charge in [0.25, 0.3) is 0 Å². The molecule has 0 saturated heterocycles. The molecule has 3 heteroatoms. The molecule has 1 aromatic carbocycles. The largest absolute Gasteiger partial charge is 0.330 e. The monoisotopic (exact) mass is 234 g/mol. The predicted molar refractivity (Wildman–Crippen MR) is 72.0 cm³/mol. The SMILES string of the molecule is Cc1cccc(N(CCCN)C(=O)C(C)C)c1. The van der Waals surface area contributed by atoms with E-state index < -0.39 is 0 Å². The number of carbonyl (C=O) groups excluding carboxylic acids is 1. The number of carbonyl (C=O) groups is 1. The van der Waals surface area contributed by atoms with E-state index >= 15 is 0 Å². The van der Waals surface area contributed by atoms with Crippen LogP contribution in [-0.4, -0.2) is 19.0 Å². The highest BCUT2D eigenvalue weighted by atomic mass is 16.2. The molecule has 0 atom stereocenters. The van der Waals surface area contributed by atoms with Crippen molar-refractivity contribution in [2.75, 3.05) is 18.0 Å². The maximum Gasteiger partial charge on any atom is 0.229 e. The van der Waals surface area contributed by atoms with E-state index in [0.29, 0.717) is 13.1 Å². The fourth-order valence-corrected chi connectivity index (χ4v) is 1.72. The Kier molecular flexibility index (Phi) is 5.16. The maximum absolute atomic E-state index is 12.1. The third-order valence-corrected chi connectivity index (χ3v) is 2.66. The molecule has 3 nitrogen and oxygen atoms in total. The molecule has 0 unspecified atom stereocenters. The lowest BCUT2D eigenvalue weighted by Gasteiger charge is -2.25. The van der Waals surface area contributed by atoms with E-state index in [1.54, 1.807) is 0 Å². The first-order valence-corrected chi connectivity index (χ1v) is 6.14. The lowest BCUT2D eigenvalue weighted by atomic mass is 10.1. The molecule has 1 rings (SSSR count). The summed E-state index contributed by atoms with van der Waals surface area (Å²) in [5.41, 5.74) is 7.66. The van der Waals surface area contributed by atoms with Crippen LogP contribution in [0.5, 0.6) is 0 Å². The van der Waals surface area contributed by atoms with Gasteiger partial charge in [-0.2, -0.15) is 0 Å². The first-order valence-electron chi connectivity index (χ1n) is 6.14. The third-order valence-electron chi connectivity index (χ3n) is 2.66. The fraction of sp³-hybridized carbons (Fsp3) is 0.500. The van der Waals surface area contributed by atoms with Crippen molar-refractivity contribution in [3.63, 3.8) is 0 Å². The first kappa shape index (κ1) is 13.7. The van der Waals surface area contributed by atoms with Crippen LogP contribution >= 0.6 is 0 Å². The van der Waals surface area contributed by atoms with Crippen molar-refractivity contribution in [2.24, 2.45) is 11.7 Å². The minimum absolute atomic E-state index is 0.00767. The van der Waals surface area contributed by atoms with Crippen LogP contribution in [0.3, 0.4) is 0 Å². The van der Waals surface area contributed by atoms with Gasteiger partial charge >= 0.3 is 0 Å². The highest BCUT2D eigenvalue weighted by Gasteiger charge is 2.18. The number of benzene rings is 1. The number of rotatable bonds is 5. The topological polar surface area (TPSA) is 46.3 Å². The molecule has 0 aliphatic carbocycles. The maximum atomic E-state index is 12.1. The highest BCUT2D eigenvalue weighted by molar-refractivity contribution is 5.94. The van der Waals surface area contributed by atoms with E-state index in [-0.39, 0.29) is 11.8 Å². The standard InChI is InChI=1S/C14H22N2O/c1-11(2)14(17)16(9-5-8-15)13-7-4-6-12(3)10-13/h4,6-7,10-11H,5,8-9,15H2,1-3H3. The molecular formula is C14H22N2O. The lowest BCUT2D eigenvalue weighted by molar-refractivity contribution is -0.121. The summed E-state index contributed by atoms with van der Waals surface area (Å²) in [4.78, 5) is 14.0. The average Bonchev–Trinajstić information content (AvgIpc) is 2.29. The molecule has 1 aromatic rings. The quantitative estimate of drug-likeness (QED) is 0.850.